The molecule has 1 fully saturated rings. The van der Waals surface area contributed by atoms with Gasteiger partial charge in [-0.3, -0.25) is 19.2 Å². The van der Waals surface area contributed by atoms with E-state index in [4.69, 9.17) is 37.9 Å². The summed E-state index contributed by atoms with van der Waals surface area (Å²) in [5.74, 6) is -0.294. The molecule has 0 spiro atoms. The van der Waals surface area contributed by atoms with Crippen molar-refractivity contribution in [3.05, 3.63) is 17.7 Å². The number of hydrogen-bond donors (Lipinski definition) is 0. The summed E-state index contributed by atoms with van der Waals surface area (Å²) in [4.78, 5) is 49.5. The number of thioether (sulfide) groups is 1. The van der Waals surface area contributed by atoms with Crippen LogP contribution in [0.1, 0.15) is 285 Å². The number of esters is 4. The summed E-state index contributed by atoms with van der Waals surface area (Å²) in [6.07, 6.45) is 40.7. The van der Waals surface area contributed by atoms with Gasteiger partial charge in [-0.25, -0.2) is 0 Å². The Morgan fingerprint density at radius 2 is 0.724 bits per heavy atom. The highest BCUT2D eigenvalue weighted by molar-refractivity contribution is 7.99. The molecule has 1 heterocycles. The Hall–Kier alpha value is -3.19. The van der Waals surface area contributed by atoms with Crippen LogP contribution in [0.25, 0.3) is 0 Å². The smallest absolute Gasteiger partial charge is 0.303 e. The van der Waals surface area contributed by atoms with Crippen molar-refractivity contribution in [3.8, 4) is 17.2 Å². The molecular weight excluding hydrogens is 981 g/mol. The van der Waals surface area contributed by atoms with Crippen LogP contribution >= 0.6 is 11.8 Å². The fraction of sp³-hybridized carbons (Fsp3) is 0.841. The summed E-state index contributed by atoms with van der Waals surface area (Å²) in [6.45, 7) is 13.1. The Balaban J connectivity index is 2.32. The molecule has 1 aliphatic heterocycles. The van der Waals surface area contributed by atoms with Crippen molar-refractivity contribution in [2.45, 2.75) is 315 Å². The number of hydrogen-bond acceptors (Lipinski definition) is 13. The zero-order valence-electron chi connectivity index (χ0n) is 49.3. The molecule has 1 aliphatic rings. The first-order valence-electron chi connectivity index (χ1n) is 31.0. The molecule has 13 heteroatoms. The third kappa shape index (κ3) is 34.6. The number of carbonyl (C=O) groups excluding carboxylic acids is 4. The Kier molecular flexibility index (Phi) is 42.3. The van der Waals surface area contributed by atoms with Crippen LogP contribution in [0.15, 0.2) is 12.1 Å². The van der Waals surface area contributed by atoms with Gasteiger partial charge >= 0.3 is 23.9 Å². The monoisotopic (exact) mass is 1090 g/mol. The van der Waals surface area contributed by atoms with Crippen LogP contribution in [0.4, 0.5) is 0 Å². The van der Waals surface area contributed by atoms with E-state index in [-0.39, 0.29) is 6.61 Å². The van der Waals surface area contributed by atoms with Crippen molar-refractivity contribution in [1.29, 1.82) is 0 Å². The highest BCUT2D eigenvalue weighted by Crippen LogP contribution is 2.42. The molecular formula is C63H110O12S. The van der Waals surface area contributed by atoms with Gasteiger partial charge in [0.25, 0.3) is 0 Å². The van der Waals surface area contributed by atoms with E-state index in [0.29, 0.717) is 42.8 Å². The summed E-state index contributed by atoms with van der Waals surface area (Å²) in [5, 5.41) is 0. The number of benzene rings is 1. The molecule has 2 rings (SSSR count). The predicted octanol–water partition coefficient (Wildman–Crippen LogP) is 17.2. The predicted molar refractivity (Wildman–Crippen MR) is 309 cm³/mol. The summed E-state index contributed by atoms with van der Waals surface area (Å²) in [6, 6.07) is 4.01. The van der Waals surface area contributed by atoms with Crippen LogP contribution < -0.4 is 14.2 Å². The molecule has 0 amide bonds. The molecule has 0 aromatic heterocycles. The first kappa shape index (κ1) is 68.9. The van der Waals surface area contributed by atoms with E-state index in [2.05, 4.69) is 20.8 Å². The zero-order valence-corrected chi connectivity index (χ0v) is 50.2. The quantitative estimate of drug-likeness (QED) is 0.0347. The number of ether oxygens (including phenoxy) is 8. The van der Waals surface area contributed by atoms with Gasteiger partial charge in [0.05, 0.1) is 19.8 Å². The van der Waals surface area contributed by atoms with Crippen molar-refractivity contribution in [1.82, 2.24) is 0 Å². The average molecular weight is 1090 g/mol. The van der Waals surface area contributed by atoms with E-state index in [1.54, 1.807) is 0 Å². The summed E-state index contributed by atoms with van der Waals surface area (Å²) >= 11 is 1.32. The number of carbonyl (C=O) groups is 4. The van der Waals surface area contributed by atoms with Gasteiger partial charge in [-0.1, -0.05) is 233 Å². The molecule has 0 aliphatic carbocycles. The van der Waals surface area contributed by atoms with Gasteiger partial charge in [0.2, 0.25) is 5.75 Å². The Bertz CT molecular complexity index is 1570. The lowest BCUT2D eigenvalue weighted by atomic mass is 9.99. The fourth-order valence-electron chi connectivity index (χ4n) is 9.94. The van der Waals surface area contributed by atoms with Gasteiger partial charge in [-0.2, -0.15) is 0 Å². The minimum atomic E-state index is -1.24. The van der Waals surface area contributed by atoms with Gasteiger partial charge < -0.3 is 37.9 Å². The lowest BCUT2D eigenvalue weighted by Crippen LogP contribution is -2.61. The standard InChI is InChI=1S/C63H110O12S/c1-8-11-14-17-20-23-26-29-32-35-38-41-44-68-56-47-55(50-76-63-62(74-54(7)67)61(73-53(6)66)60(72-52(5)65)58(75-63)49-71-51(4)64)48-57(69-45-42-39-36-33-30-27-24-21-18-15-12-9-2)59(56)70-46-43-40-37-34-31-28-25-22-19-16-13-10-3/h47-48,58,60-63H,8-46,49-50H2,1-7H3/t58-,60-,61+,62-,63+/m1/s1. The summed E-state index contributed by atoms with van der Waals surface area (Å²) in [5.41, 5.74) is -0.0526. The molecule has 1 aromatic carbocycles. The van der Waals surface area contributed by atoms with Crippen LogP contribution in [-0.2, 0) is 48.6 Å². The van der Waals surface area contributed by atoms with Crippen LogP contribution in [-0.4, -0.2) is 80.2 Å². The highest BCUT2D eigenvalue weighted by atomic mass is 32.2. The van der Waals surface area contributed by atoms with Gasteiger partial charge in [0.1, 0.15) is 18.1 Å². The average Bonchev–Trinajstić information content (AvgIpc) is 3.38. The second-order valence-electron chi connectivity index (χ2n) is 21.5. The first-order valence-corrected chi connectivity index (χ1v) is 32.0. The molecule has 0 bridgehead atoms. The Morgan fingerprint density at radius 1 is 0.408 bits per heavy atom. The molecule has 76 heavy (non-hydrogen) atoms. The van der Waals surface area contributed by atoms with E-state index in [1.165, 1.54) is 232 Å². The topological polar surface area (TPSA) is 142 Å². The second-order valence-corrected chi connectivity index (χ2v) is 22.6. The van der Waals surface area contributed by atoms with Gasteiger partial charge in [0.15, 0.2) is 29.8 Å². The van der Waals surface area contributed by atoms with Crippen LogP contribution in [0.3, 0.4) is 0 Å². The molecule has 0 N–H and O–H groups in total. The minimum absolute atomic E-state index is 0.283. The SMILES string of the molecule is CCCCCCCCCCCCCCOc1cc(CS[C@@H]2O[C@H](COC(C)=O)[C@@H](OC(C)=O)[C@H](OC(C)=O)[C@H]2OC(C)=O)cc(OCCCCCCCCCCCCCC)c1OCCCCCCCCCCCCCC. The van der Waals surface area contributed by atoms with E-state index < -0.39 is 53.7 Å². The van der Waals surface area contributed by atoms with Crippen LogP contribution in [0.2, 0.25) is 0 Å². The maximum Gasteiger partial charge on any atom is 0.303 e. The zero-order chi connectivity index (χ0) is 55.3. The molecule has 0 unspecified atom stereocenters. The normalized spacial score (nSPS) is 17.3. The van der Waals surface area contributed by atoms with Gasteiger partial charge in [0, 0.05) is 33.4 Å². The Morgan fingerprint density at radius 3 is 1.07 bits per heavy atom. The fourth-order valence-corrected chi connectivity index (χ4v) is 11.1. The van der Waals surface area contributed by atoms with Gasteiger partial charge in [-0.05, 0) is 37.0 Å². The third-order valence-corrected chi connectivity index (χ3v) is 15.4. The molecule has 1 saturated heterocycles. The van der Waals surface area contributed by atoms with Crippen molar-refractivity contribution in [3.63, 3.8) is 0 Å². The number of unbranched alkanes of at least 4 members (excludes halogenated alkanes) is 33. The third-order valence-electron chi connectivity index (χ3n) is 14.2. The van der Waals surface area contributed by atoms with Crippen molar-refractivity contribution >= 4 is 35.6 Å². The lowest BCUT2D eigenvalue weighted by Gasteiger charge is -2.44. The van der Waals surface area contributed by atoms with E-state index in [1.807, 2.05) is 12.1 Å². The largest absolute Gasteiger partial charge is 0.490 e. The first-order chi connectivity index (χ1) is 37.0. The van der Waals surface area contributed by atoms with Crippen LogP contribution in [0, 0.1) is 0 Å². The van der Waals surface area contributed by atoms with Crippen molar-refractivity contribution < 1.29 is 57.1 Å². The lowest BCUT2D eigenvalue weighted by molar-refractivity contribution is -0.237. The highest BCUT2D eigenvalue weighted by Gasteiger charge is 2.52. The molecule has 0 radical (unpaired) electrons. The van der Waals surface area contributed by atoms with Crippen LogP contribution in [0.5, 0.6) is 17.2 Å². The maximum absolute atomic E-state index is 12.6. The van der Waals surface area contributed by atoms with E-state index in [9.17, 15) is 19.2 Å². The van der Waals surface area contributed by atoms with Gasteiger partial charge in [-0.15, -0.1) is 11.8 Å². The van der Waals surface area contributed by atoms with E-state index in [0.717, 1.165) is 44.1 Å². The summed E-state index contributed by atoms with van der Waals surface area (Å²) < 4.78 is 49.0. The van der Waals surface area contributed by atoms with E-state index >= 15 is 0 Å². The molecule has 5 atom stereocenters. The van der Waals surface area contributed by atoms with Crippen molar-refractivity contribution in [2.75, 3.05) is 26.4 Å². The summed E-state index contributed by atoms with van der Waals surface area (Å²) in [7, 11) is 0. The molecule has 440 valence electrons. The molecule has 1 aromatic rings. The molecule has 0 saturated carbocycles. The Labute approximate surface area is 467 Å². The minimum Gasteiger partial charge on any atom is -0.490 e. The number of rotatable bonds is 50. The molecule has 12 nitrogen and oxygen atoms in total. The van der Waals surface area contributed by atoms with Crippen molar-refractivity contribution in [2.24, 2.45) is 0 Å². The second kappa shape index (κ2) is 46.7. The maximum atomic E-state index is 12.6.